The van der Waals surface area contributed by atoms with Gasteiger partial charge in [0.05, 0.1) is 12.4 Å². The van der Waals surface area contributed by atoms with Gasteiger partial charge < -0.3 is 5.32 Å². The summed E-state index contributed by atoms with van der Waals surface area (Å²) in [7, 11) is 0. The van der Waals surface area contributed by atoms with Crippen LogP contribution in [0.5, 0.6) is 0 Å². The number of rotatable bonds is 2. The van der Waals surface area contributed by atoms with Gasteiger partial charge in [0.25, 0.3) is 5.91 Å². The van der Waals surface area contributed by atoms with Gasteiger partial charge in [0.2, 0.25) is 0 Å². The lowest BCUT2D eigenvalue weighted by Crippen LogP contribution is -2.15. The molecule has 0 radical (unpaired) electrons. The van der Waals surface area contributed by atoms with Crippen LogP contribution in [0.4, 0.5) is 5.82 Å². The maximum atomic E-state index is 11.8. The maximum Gasteiger partial charge on any atom is 0.275 e. The molecule has 2 heterocycles. The fraction of sp³-hybridized carbons (Fsp3) is 0.0909. The first-order valence-corrected chi connectivity index (χ1v) is 5.25. The summed E-state index contributed by atoms with van der Waals surface area (Å²) in [5.41, 5.74) is 1.11. The minimum atomic E-state index is -0.328. The Balaban J connectivity index is 2.14. The van der Waals surface area contributed by atoms with Gasteiger partial charge >= 0.3 is 0 Å². The molecule has 0 aliphatic rings. The van der Waals surface area contributed by atoms with E-state index in [1.54, 1.807) is 12.1 Å². The number of aromatic nitrogens is 3. The van der Waals surface area contributed by atoms with E-state index >= 15 is 0 Å². The van der Waals surface area contributed by atoms with Gasteiger partial charge in [0.15, 0.2) is 5.82 Å². The lowest BCUT2D eigenvalue weighted by molar-refractivity contribution is 0.102. The second kappa shape index (κ2) is 4.88. The van der Waals surface area contributed by atoms with E-state index in [9.17, 15) is 4.79 Å². The fourth-order valence-electron chi connectivity index (χ4n) is 1.23. The number of halogens is 1. The molecular weight excluding hydrogens is 240 g/mol. The van der Waals surface area contributed by atoms with Crippen LogP contribution in [0.1, 0.15) is 16.2 Å². The predicted octanol–water partition coefficient (Wildman–Crippen LogP) is 2.09. The Morgan fingerprint density at radius 2 is 2.12 bits per heavy atom. The van der Waals surface area contributed by atoms with Gasteiger partial charge in [-0.1, -0.05) is 17.7 Å². The Labute approximate surface area is 103 Å². The second-order valence-electron chi connectivity index (χ2n) is 3.34. The number of anilines is 1. The average molecular weight is 249 g/mol. The summed E-state index contributed by atoms with van der Waals surface area (Å²) < 4.78 is 0. The van der Waals surface area contributed by atoms with Crippen LogP contribution in [0, 0.1) is 6.92 Å². The van der Waals surface area contributed by atoms with Crippen LogP contribution >= 0.6 is 11.6 Å². The van der Waals surface area contributed by atoms with Crippen molar-refractivity contribution < 1.29 is 4.79 Å². The predicted molar refractivity (Wildman–Crippen MR) is 64.0 cm³/mol. The molecule has 2 aromatic heterocycles. The number of pyridine rings is 1. The highest BCUT2D eigenvalue weighted by molar-refractivity contribution is 6.29. The molecule has 0 atom stereocenters. The van der Waals surface area contributed by atoms with Gasteiger partial charge in [0.1, 0.15) is 10.8 Å². The molecule has 0 aromatic carbocycles. The van der Waals surface area contributed by atoms with Crippen molar-refractivity contribution >= 4 is 23.3 Å². The smallest absolute Gasteiger partial charge is 0.275 e. The zero-order valence-electron chi connectivity index (χ0n) is 9.01. The van der Waals surface area contributed by atoms with Crippen LogP contribution in [-0.2, 0) is 0 Å². The third kappa shape index (κ3) is 2.98. The van der Waals surface area contributed by atoms with Crippen molar-refractivity contribution in [1.29, 1.82) is 0 Å². The van der Waals surface area contributed by atoms with E-state index in [1.807, 2.05) is 13.0 Å². The average Bonchev–Trinajstić information content (AvgIpc) is 2.32. The van der Waals surface area contributed by atoms with E-state index in [1.165, 1.54) is 12.4 Å². The molecule has 2 rings (SSSR count). The molecule has 6 heteroatoms. The van der Waals surface area contributed by atoms with Crippen molar-refractivity contribution in [2.45, 2.75) is 6.92 Å². The van der Waals surface area contributed by atoms with E-state index < -0.39 is 0 Å². The molecule has 0 bridgehead atoms. The van der Waals surface area contributed by atoms with Gasteiger partial charge in [0, 0.05) is 5.69 Å². The third-order valence-corrected chi connectivity index (χ3v) is 2.18. The van der Waals surface area contributed by atoms with Crippen molar-refractivity contribution in [1.82, 2.24) is 15.0 Å². The normalized spacial score (nSPS) is 10.0. The summed E-state index contributed by atoms with van der Waals surface area (Å²) in [6.07, 6.45) is 2.75. The monoisotopic (exact) mass is 248 g/mol. The van der Waals surface area contributed by atoms with Crippen LogP contribution in [0.15, 0.2) is 30.6 Å². The molecule has 0 aliphatic heterocycles. The molecule has 1 N–H and O–H groups in total. The molecule has 0 saturated heterocycles. The minimum absolute atomic E-state index is 0.275. The summed E-state index contributed by atoms with van der Waals surface area (Å²) in [5.74, 6) is 0.00743. The van der Waals surface area contributed by atoms with E-state index in [2.05, 4.69) is 20.3 Å². The second-order valence-corrected chi connectivity index (χ2v) is 3.73. The molecule has 1 amide bonds. The number of carbonyl (C=O) groups is 1. The topological polar surface area (TPSA) is 67.8 Å². The molecule has 0 saturated carbocycles. The molecule has 0 unspecified atom stereocenters. The summed E-state index contributed by atoms with van der Waals surface area (Å²) in [4.78, 5) is 23.6. The van der Waals surface area contributed by atoms with Crippen molar-refractivity contribution in [2.75, 3.05) is 5.32 Å². The van der Waals surface area contributed by atoms with Crippen molar-refractivity contribution in [3.05, 3.63) is 47.1 Å². The fourth-order valence-corrected chi connectivity index (χ4v) is 1.32. The Bertz CT molecular complexity index is 541. The molecule has 5 nitrogen and oxygen atoms in total. The lowest BCUT2D eigenvalue weighted by Gasteiger charge is -2.03. The third-order valence-electron chi connectivity index (χ3n) is 1.98. The lowest BCUT2D eigenvalue weighted by atomic mass is 10.3. The van der Waals surface area contributed by atoms with Gasteiger partial charge in [-0.2, -0.15) is 0 Å². The SMILES string of the molecule is Cc1cccc(C(=O)Nc2cnc(Cl)cn2)n1. The summed E-state index contributed by atoms with van der Waals surface area (Å²) >= 11 is 5.59. The Morgan fingerprint density at radius 3 is 2.76 bits per heavy atom. The molecule has 0 spiro atoms. The molecule has 2 aromatic rings. The zero-order valence-corrected chi connectivity index (χ0v) is 9.77. The van der Waals surface area contributed by atoms with E-state index in [0.29, 0.717) is 11.5 Å². The standard InChI is InChI=1S/C11H9ClN4O/c1-7-3-2-4-8(15-7)11(17)16-10-6-13-9(12)5-14-10/h2-6H,1H3,(H,14,16,17). The highest BCUT2D eigenvalue weighted by Gasteiger charge is 2.08. The van der Waals surface area contributed by atoms with Crippen molar-refractivity contribution in [3.63, 3.8) is 0 Å². The number of nitrogens with zero attached hydrogens (tertiary/aromatic N) is 3. The van der Waals surface area contributed by atoms with Gasteiger partial charge in [-0.05, 0) is 19.1 Å². The number of carbonyl (C=O) groups excluding carboxylic acids is 1. The van der Waals surface area contributed by atoms with E-state index in [0.717, 1.165) is 5.69 Å². The number of hydrogen-bond acceptors (Lipinski definition) is 4. The Kier molecular flexibility index (Phi) is 3.30. The van der Waals surface area contributed by atoms with Crippen LogP contribution in [0.2, 0.25) is 5.15 Å². The van der Waals surface area contributed by atoms with Crippen LogP contribution in [0.3, 0.4) is 0 Å². The molecule has 17 heavy (non-hydrogen) atoms. The quantitative estimate of drug-likeness (QED) is 0.884. The molecule has 0 fully saturated rings. The van der Waals surface area contributed by atoms with Crippen molar-refractivity contribution in [3.8, 4) is 0 Å². The summed E-state index contributed by atoms with van der Waals surface area (Å²) in [6.45, 7) is 1.82. The van der Waals surface area contributed by atoms with Gasteiger partial charge in [-0.3, -0.25) is 4.79 Å². The highest BCUT2D eigenvalue weighted by Crippen LogP contribution is 2.07. The molecule has 86 valence electrons. The molecular formula is C11H9ClN4O. The first-order chi connectivity index (χ1) is 8.15. The number of amides is 1. The van der Waals surface area contributed by atoms with Gasteiger partial charge in [-0.25, -0.2) is 15.0 Å². The maximum absolute atomic E-state index is 11.8. The number of aryl methyl sites for hydroxylation is 1. The number of nitrogens with one attached hydrogen (secondary N) is 1. The summed E-state index contributed by atoms with van der Waals surface area (Å²) in [5, 5.41) is 2.85. The van der Waals surface area contributed by atoms with Crippen LogP contribution in [-0.4, -0.2) is 20.9 Å². The van der Waals surface area contributed by atoms with Crippen molar-refractivity contribution in [2.24, 2.45) is 0 Å². The largest absolute Gasteiger partial charge is 0.304 e. The van der Waals surface area contributed by atoms with Crippen LogP contribution < -0.4 is 5.32 Å². The first kappa shape index (κ1) is 11.5. The Morgan fingerprint density at radius 1 is 1.29 bits per heavy atom. The zero-order chi connectivity index (χ0) is 12.3. The summed E-state index contributed by atoms with van der Waals surface area (Å²) in [6, 6.07) is 5.22. The Hall–Kier alpha value is -2.01. The number of hydrogen-bond donors (Lipinski definition) is 1. The van der Waals surface area contributed by atoms with Gasteiger partial charge in [-0.15, -0.1) is 0 Å². The molecule has 0 aliphatic carbocycles. The highest BCUT2D eigenvalue weighted by atomic mass is 35.5. The first-order valence-electron chi connectivity index (χ1n) is 4.88. The van der Waals surface area contributed by atoms with E-state index in [4.69, 9.17) is 11.6 Å². The minimum Gasteiger partial charge on any atom is -0.304 e. The van der Waals surface area contributed by atoms with E-state index in [-0.39, 0.29) is 11.1 Å². The van der Waals surface area contributed by atoms with Crippen LogP contribution in [0.25, 0.3) is 0 Å².